The molecule has 0 radical (unpaired) electrons. The van der Waals surface area contributed by atoms with Crippen LogP contribution < -0.4 is 0 Å². The van der Waals surface area contributed by atoms with Gasteiger partial charge in [-0.1, -0.05) is 6.55 Å². The molecule has 0 heterocycles. The highest BCUT2D eigenvalue weighted by Gasteiger charge is 1.74. The fraction of sp³-hybridized carbons (Fsp3) is 0.800. The Kier molecular flexibility index (Phi) is 3.99. The molecule has 0 amide bonds. The average Bonchev–Trinajstić information content (AvgIpc) is 1.61. The molecule has 42 valence electrons. The Balaban J connectivity index is 3.08. The van der Waals surface area contributed by atoms with E-state index in [2.05, 4.69) is 11.5 Å². The largest absolute Gasteiger partial charge is 0.299 e. The Labute approximate surface area is 47.7 Å². The lowest BCUT2D eigenvalue weighted by molar-refractivity contribution is 1.32. The number of hydrogen-bond acceptors (Lipinski definition) is 1. The topological polar surface area (TPSA) is 12.4 Å². The second-order valence-electron chi connectivity index (χ2n) is 1.83. The van der Waals surface area contributed by atoms with Crippen LogP contribution in [-0.4, -0.2) is 21.4 Å². The van der Waals surface area contributed by atoms with Crippen LogP contribution in [0.25, 0.3) is 0 Å². The van der Waals surface area contributed by atoms with Gasteiger partial charge in [-0.15, -0.1) is 0 Å². The quantitative estimate of drug-likeness (QED) is 0.370. The van der Waals surface area contributed by atoms with Crippen LogP contribution in [0.5, 0.6) is 0 Å². The number of aliphatic imine (C=N–C) groups is 1. The van der Waals surface area contributed by atoms with Gasteiger partial charge in [0, 0.05) is 21.4 Å². The highest BCUT2D eigenvalue weighted by atomic mass is 28.2. The predicted octanol–water partition coefficient (Wildman–Crippen LogP) is 0.642. The van der Waals surface area contributed by atoms with Gasteiger partial charge in [-0.3, -0.25) is 4.99 Å². The first-order valence-corrected chi connectivity index (χ1v) is 5.16. The summed E-state index contributed by atoms with van der Waals surface area (Å²) in [7, 11) is 0.184. The van der Waals surface area contributed by atoms with Gasteiger partial charge in [-0.25, -0.2) is 0 Å². The summed E-state index contributed by atoms with van der Waals surface area (Å²) in [5.74, 6) is 0. The van der Waals surface area contributed by atoms with E-state index < -0.39 is 0 Å². The molecule has 0 rings (SSSR count). The SMILES string of the molecule is C[SiH2]CN=C(C)C. The molecular formula is C5H13NSi. The average molecular weight is 115 g/mol. The van der Waals surface area contributed by atoms with Gasteiger partial charge in [0.15, 0.2) is 0 Å². The molecule has 0 aliphatic heterocycles. The first-order valence-electron chi connectivity index (χ1n) is 2.75. The van der Waals surface area contributed by atoms with E-state index in [0.717, 1.165) is 6.17 Å². The fourth-order valence-electron chi connectivity index (χ4n) is 0.335. The molecule has 0 aliphatic carbocycles. The van der Waals surface area contributed by atoms with Crippen molar-refractivity contribution in [1.82, 2.24) is 0 Å². The first-order chi connectivity index (χ1) is 3.27. The van der Waals surface area contributed by atoms with E-state index in [0.29, 0.717) is 0 Å². The van der Waals surface area contributed by atoms with Crippen LogP contribution in [0.1, 0.15) is 13.8 Å². The minimum atomic E-state index is 0.184. The summed E-state index contributed by atoms with van der Waals surface area (Å²) >= 11 is 0. The Morgan fingerprint density at radius 3 is 2.29 bits per heavy atom. The lowest BCUT2D eigenvalue weighted by Crippen LogP contribution is -1.91. The molecule has 0 spiro atoms. The first kappa shape index (κ1) is 6.89. The second kappa shape index (κ2) is 4.06. The van der Waals surface area contributed by atoms with Crippen molar-refractivity contribution < 1.29 is 0 Å². The van der Waals surface area contributed by atoms with Gasteiger partial charge in [0.25, 0.3) is 0 Å². The molecule has 0 fully saturated rings. The van der Waals surface area contributed by atoms with Gasteiger partial charge in [0.1, 0.15) is 0 Å². The molecule has 0 unspecified atom stereocenters. The van der Waals surface area contributed by atoms with E-state index in [4.69, 9.17) is 0 Å². The zero-order valence-corrected chi connectivity index (χ0v) is 6.78. The van der Waals surface area contributed by atoms with Gasteiger partial charge in [0.05, 0.1) is 0 Å². The molecule has 0 aromatic carbocycles. The standard InChI is InChI=1S/C5H13NSi/c1-5(2)6-4-7-3/h4,7H2,1-3H3. The van der Waals surface area contributed by atoms with Gasteiger partial charge in [-0.05, 0) is 13.8 Å². The van der Waals surface area contributed by atoms with Crippen molar-refractivity contribution in [2.75, 3.05) is 6.17 Å². The van der Waals surface area contributed by atoms with Crippen molar-refractivity contribution in [1.29, 1.82) is 0 Å². The highest BCUT2D eigenvalue weighted by molar-refractivity contribution is 6.33. The van der Waals surface area contributed by atoms with Crippen LogP contribution in [0.2, 0.25) is 6.55 Å². The molecule has 0 atom stereocenters. The molecule has 0 N–H and O–H groups in total. The number of rotatable bonds is 2. The van der Waals surface area contributed by atoms with Crippen LogP contribution in [0.15, 0.2) is 4.99 Å². The van der Waals surface area contributed by atoms with E-state index in [1.807, 2.05) is 13.8 Å². The summed E-state index contributed by atoms with van der Waals surface area (Å²) in [5, 5.41) is 0. The third kappa shape index (κ3) is 5.89. The third-order valence-corrected chi connectivity index (χ3v) is 1.32. The van der Waals surface area contributed by atoms with Gasteiger partial charge >= 0.3 is 0 Å². The van der Waals surface area contributed by atoms with Crippen LogP contribution in [0, 0.1) is 0 Å². The molecule has 0 aromatic rings. The van der Waals surface area contributed by atoms with Gasteiger partial charge in [0.2, 0.25) is 0 Å². The van der Waals surface area contributed by atoms with Crippen molar-refractivity contribution in [3.8, 4) is 0 Å². The van der Waals surface area contributed by atoms with E-state index in [9.17, 15) is 0 Å². The fourth-order valence-corrected chi connectivity index (χ4v) is 1.01. The van der Waals surface area contributed by atoms with Crippen molar-refractivity contribution in [3.63, 3.8) is 0 Å². The molecule has 0 aromatic heterocycles. The van der Waals surface area contributed by atoms with E-state index in [1.165, 1.54) is 5.71 Å². The Hall–Kier alpha value is -0.113. The van der Waals surface area contributed by atoms with Crippen molar-refractivity contribution in [2.24, 2.45) is 4.99 Å². The summed E-state index contributed by atoms with van der Waals surface area (Å²) in [6.45, 7) is 6.36. The van der Waals surface area contributed by atoms with E-state index in [1.54, 1.807) is 0 Å². The van der Waals surface area contributed by atoms with Crippen molar-refractivity contribution in [3.05, 3.63) is 0 Å². The van der Waals surface area contributed by atoms with Crippen LogP contribution in [0.3, 0.4) is 0 Å². The van der Waals surface area contributed by atoms with E-state index >= 15 is 0 Å². The maximum absolute atomic E-state index is 4.22. The molecule has 1 nitrogen and oxygen atoms in total. The van der Waals surface area contributed by atoms with Crippen molar-refractivity contribution in [2.45, 2.75) is 20.4 Å². The second-order valence-corrected chi connectivity index (χ2v) is 3.28. The van der Waals surface area contributed by atoms with Gasteiger partial charge < -0.3 is 0 Å². The summed E-state index contributed by atoms with van der Waals surface area (Å²) in [6, 6.07) is 0. The van der Waals surface area contributed by atoms with Crippen LogP contribution in [-0.2, 0) is 0 Å². The van der Waals surface area contributed by atoms with Gasteiger partial charge in [-0.2, -0.15) is 0 Å². The molecule has 0 saturated heterocycles. The normalized spacial score (nSPS) is 10.1. The predicted molar refractivity (Wildman–Crippen MR) is 38.1 cm³/mol. The van der Waals surface area contributed by atoms with E-state index in [-0.39, 0.29) is 9.52 Å². The minimum absolute atomic E-state index is 0.184. The minimum Gasteiger partial charge on any atom is -0.299 e. The molecule has 0 bridgehead atoms. The highest BCUT2D eigenvalue weighted by Crippen LogP contribution is 1.71. The summed E-state index contributed by atoms with van der Waals surface area (Å²) in [5.41, 5.74) is 1.22. The Morgan fingerprint density at radius 1 is 1.57 bits per heavy atom. The number of nitrogens with zero attached hydrogens (tertiary/aromatic N) is 1. The summed E-state index contributed by atoms with van der Waals surface area (Å²) in [6.07, 6.45) is 1.13. The maximum Gasteiger partial charge on any atom is 0.0431 e. The lowest BCUT2D eigenvalue weighted by atomic mass is 10.5. The lowest BCUT2D eigenvalue weighted by Gasteiger charge is -1.85. The van der Waals surface area contributed by atoms with Crippen LogP contribution in [0.4, 0.5) is 0 Å². The molecular weight excluding hydrogens is 102 g/mol. The summed E-state index contributed by atoms with van der Waals surface area (Å²) < 4.78 is 0. The smallest absolute Gasteiger partial charge is 0.0431 e. The summed E-state index contributed by atoms with van der Waals surface area (Å²) in [4.78, 5) is 4.22. The molecule has 0 saturated carbocycles. The molecule has 2 heteroatoms. The molecule has 0 aliphatic rings. The zero-order chi connectivity index (χ0) is 5.70. The Morgan fingerprint density at radius 2 is 2.14 bits per heavy atom. The zero-order valence-electron chi connectivity index (χ0n) is 5.36. The maximum atomic E-state index is 4.22. The number of hydrogen-bond donors (Lipinski definition) is 0. The third-order valence-electron chi connectivity index (χ3n) is 0.652. The Bertz CT molecular complexity index is 64.5. The van der Waals surface area contributed by atoms with Crippen LogP contribution >= 0.6 is 0 Å². The monoisotopic (exact) mass is 115 g/mol. The molecule has 7 heavy (non-hydrogen) atoms. The van der Waals surface area contributed by atoms with Crippen molar-refractivity contribution >= 4 is 15.2 Å².